The minimum Gasteiger partial charge on any atom is -0.316 e. The first-order valence-electron chi connectivity index (χ1n) is 9.87. The Bertz CT molecular complexity index is 652. The molecule has 1 aliphatic carbocycles. The molecule has 1 aromatic carbocycles. The van der Waals surface area contributed by atoms with E-state index in [9.17, 15) is 4.79 Å². The van der Waals surface area contributed by atoms with Gasteiger partial charge in [0, 0.05) is 18.9 Å². The molecule has 1 aliphatic heterocycles. The molecule has 3 heteroatoms. The first-order valence-corrected chi connectivity index (χ1v) is 9.87. The van der Waals surface area contributed by atoms with E-state index >= 15 is 0 Å². The van der Waals surface area contributed by atoms with Gasteiger partial charge in [-0.3, -0.25) is 9.79 Å². The van der Waals surface area contributed by atoms with Crippen molar-refractivity contribution in [3.05, 3.63) is 34.9 Å². The molecule has 1 N–H and O–H groups in total. The predicted molar refractivity (Wildman–Crippen MR) is 104 cm³/mol. The van der Waals surface area contributed by atoms with Gasteiger partial charge in [0.15, 0.2) is 0 Å². The van der Waals surface area contributed by atoms with Gasteiger partial charge in [0.25, 0.3) is 0 Å². The van der Waals surface area contributed by atoms with Crippen LogP contribution in [0.1, 0.15) is 75.5 Å². The topological polar surface area (TPSA) is 41.5 Å². The molecule has 3 nitrogen and oxygen atoms in total. The number of nitrogens with one attached hydrogen (secondary N) is 1. The monoisotopic (exact) mass is 340 g/mol. The van der Waals surface area contributed by atoms with Crippen molar-refractivity contribution in [1.29, 1.82) is 0 Å². The maximum atomic E-state index is 13.0. The predicted octanol–water partition coefficient (Wildman–Crippen LogP) is 4.46. The number of carbonyl (C=O) groups excluding carboxylic acids is 1. The molecule has 2 aliphatic rings. The van der Waals surface area contributed by atoms with Crippen LogP contribution in [0.15, 0.2) is 23.2 Å². The Morgan fingerprint density at radius 1 is 1.20 bits per heavy atom. The van der Waals surface area contributed by atoms with E-state index in [1.807, 2.05) is 7.05 Å². The Labute approximate surface area is 152 Å². The second-order valence-corrected chi connectivity index (χ2v) is 8.40. The average Bonchev–Trinajstić information content (AvgIpc) is 2.84. The maximum absolute atomic E-state index is 13.0. The normalized spacial score (nSPS) is 20.5. The zero-order chi connectivity index (χ0) is 17.9. The highest BCUT2D eigenvalue weighted by atomic mass is 16.1. The van der Waals surface area contributed by atoms with Crippen molar-refractivity contribution in [2.75, 3.05) is 7.05 Å². The zero-order valence-corrected chi connectivity index (χ0v) is 16.0. The van der Waals surface area contributed by atoms with E-state index in [1.165, 1.54) is 42.4 Å². The summed E-state index contributed by atoms with van der Waals surface area (Å²) in [4.78, 5) is 17.9. The molecule has 1 aromatic rings. The molecule has 0 bridgehead atoms. The highest BCUT2D eigenvalue weighted by Gasteiger charge is 2.29. The molecule has 0 saturated heterocycles. The molecule has 1 fully saturated rings. The van der Waals surface area contributed by atoms with E-state index in [1.54, 1.807) is 0 Å². The van der Waals surface area contributed by atoms with Crippen LogP contribution in [-0.4, -0.2) is 24.1 Å². The van der Waals surface area contributed by atoms with Crippen LogP contribution in [0.25, 0.3) is 0 Å². The average molecular weight is 341 g/mol. The number of fused-ring (bicyclic) bond motifs is 1. The smallest absolute Gasteiger partial charge is 0.141 e. The molecule has 25 heavy (non-hydrogen) atoms. The second kappa shape index (κ2) is 7.82. The Hall–Kier alpha value is -1.48. The van der Waals surface area contributed by atoms with Crippen molar-refractivity contribution in [1.82, 2.24) is 5.32 Å². The second-order valence-electron chi connectivity index (χ2n) is 8.40. The largest absolute Gasteiger partial charge is 0.316 e. The first kappa shape index (κ1) is 18.3. The van der Waals surface area contributed by atoms with Gasteiger partial charge in [-0.1, -0.05) is 37.8 Å². The van der Waals surface area contributed by atoms with E-state index in [0.29, 0.717) is 12.2 Å². The molecule has 0 spiro atoms. The van der Waals surface area contributed by atoms with Crippen LogP contribution in [0.5, 0.6) is 0 Å². The summed E-state index contributed by atoms with van der Waals surface area (Å²) in [5, 5.41) is 3.21. The third-order valence-corrected chi connectivity index (χ3v) is 5.58. The number of rotatable bonds is 5. The van der Waals surface area contributed by atoms with Crippen LogP contribution in [0.4, 0.5) is 0 Å². The number of aliphatic imine (C=N–C) groups is 1. The van der Waals surface area contributed by atoms with Crippen molar-refractivity contribution in [2.24, 2.45) is 10.9 Å². The summed E-state index contributed by atoms with van der Waals surface area (Å²) in [5.41, 5.74) is 4.70. The number of nitrogens with zero attached hydrogens (tertiary/aromatic N) is 1. The summed E-state index contributed by atoms with van der Waals surface area (Å²) in [5.74, 6) is 0.655. The molecule has 136 valence electrons. The van der Waals surface area contributed by atoms with E-state index in [0.717, 1.165) is 31.5 Å². The number of hydrogen-bond donors (Lipinski definition) is 1. The van der Waals surface area contributed by atoms with E-state index < -0.39 is 0 Å². The lowest BCUT2D eigenvalue weighted by Crippen LogP contribution is -2.31. The minimum absolute atomic E-state index is 0.114. The molecule has 3 rings (SSSR count). The van der Waals surface area contributed by atoms with Gasteiger partial charge in [-0.25, -0.2) is 0 Å². The van der Waals surface area contributed by atoms with Crippen LogP contribution in [-0.2, 0) is 17.8 Å². The molecule has 0 radical (unpaired) electrons. The van der Waals surface area contributed by atoms with Gasteiger partial charge in [-0.15, -0.1) is 0 Å². The summed E-state index contributed by atoms with van der Waals surface area (Å²) >= 11 is 0. The summed E-state index contributed by atoms with van der Waals surface area (Å²) in [6.45, 7) is 5.20. The van der Waals surface area contributed by atoms with Crippen molar-refractivity contribution in [3.63, 3.8) is 0 Å². The van der Waals surface area contributed by atoms with Crippen molar-refractivity contribution >= 4 is 11.5 Å². The highest BCUT2D eigenvalue weighted by Crippen LogP contribution is 2.31. The Kier molecular flexibility index (Phi) is 5.73. The quantitative estimate of drug-likeness (QED) is 0.804. The van der Waals surface area contributed by atoms with Crippen LogP contribution in [0.3, 0.4) is 0 Å². The fraction of sp³-hybridized carbons (Fsp3) is 0.636. The lowest BCUT2D eigenvalue weighted by Gasteiger charge is -2.30. The van der Waals surface area contributed by atoms with Gasteiger partial charge >= 0.3 is 0 Å². The zero-order valence-electron chi connectivity index (χ0n) is 16.0. The third kappa shape index (κ3) is 4.58. The summed E-state index contributed by atoms with van der Waals surface area (Å²) in [7, 11) is 1.97. The highest BCUT2D eigenvalue weighted by molar-refractivity contribution is 6.13. The van der Waals surface area contributed by atoms with Gasteiger partial charge in [0.1, 0.15) is 5.78 Å². The number of benzene rings is 1. The van der Waals surface area contributed by atoms with Gasteiger partial charge < -0.3 is 5.32 Å². The summed E-state index contributed by atoms with van der Waals surface area (Å²) in [6.07, 6.45) is 8.58. The summed E-state index contributed by atoms with van der Waals surface area (Å²) in [6, 6.07) is 6.66. The summed E-state index contributed by atoms with van der Waals surface area (Å²) < 4.78 is 0. The van der Waals surface area contributed by atoms with Crippen LogP contribution in [0, 0.1) is 5.92 Å². The maximum Gasteiger partial charge on any atom is 0.141 e. The first-order chi connectivity index (χ1) is 12.0. The van der Waals surface area contributed by atoms with Gasteiger partial charge in [0.2, 0.25) is 0 Å². The minimum atomic E-state index is -0.114. The van der Waals surface area contributed by atoms with Crippen molar-refractivity contribution < 1.29 is 4.79 Å². The molecule has 1 heterocycles. The number of Topliss-reactive ketones (excluding diaryl/α,β-unsaturated/α-hetero) is 1. The van der Waals surface area contributed by atoms with Gasteiger partial charge in [-0.2, -0.15) is 0 Å². The number of ketones is 1. The molecular formula is C22H32N2O. The van der Waals surface area contributed by atoms with Crippen LogP contribution < -0.4 is 5.32 Å². The Morgan fingerprint density at radius 3 is 2.60 bits per heavy atom. The number of carbonyl (C=O) groups is 1. The lowest BCUT2D eigenvalue weighted by atomic mass is 9.83. The van der Waals surface area contributed by atoms with Crippen molar-refractivity contribution in [3.8, 4) is 0 Å². The fourth-order valence-electron chi connectivity index (χ4n) is 4.34. The Balaban J connectivity index is 1.84. The molecule has 0 unspecified atom stereocenters. The van der Waals surface area contributed by atoms with E-state index in [-0.39, 0.29) is 11.5 Å². The standard InChI is InChI=1S/C22H32N2O/c1-22(2)14-18-11-10-16(15-23-3)12-19(18)20(24-22)13-21(25)17-8-6-4-5-7-9-17/h10-12,17,23H,4-9,13-15H2,1-3H3. The molecular weight excluding hydrogens is 308 g/mol. The van der Waals surface area contributed by atoms with Crippen molar-refractivity contribution in [2.45, 2.75) is 77.3 Å². The third-order valence-electron chi connectivity index (χ3n) is 5.58. The van der Waals surface area contributed by atoms with Gasteiger partial charge in [0.05, 0.1) is 11.3 Å². The SMILES string of the molecule is CNCc1ccc2c(c1)C(CC(=O)C1CCCCCC1)=NC(C)(C)C2. The lowest BCUT2D eigenvalue weighted by molar-refractivity contribution is -0.122. The molecule has 0 aromatic heterocycles. The van der Waals surface area contributed by atoms with Crippen LogP contribution >= 0.6 is 0 Å². The van der Waals surface area contributed by atoms with Gasteiger partial charge in [-0.05, 0) is 62.9 Å². The molecule has 0 amide bonds. The van der Waals surface area contributed by atoms with Crippen LogP contribution in [0.2, 0.25) is 0 Å². The Morgan fingerprint density at radius 2 is 1.92 bits per heavy atom. The fourth-order valence-corrected chi connectivity index (χ4v) is 4.34. The van der Waals surface area contributed by atoms with E-state index in [4.69, 9.17) is 4.99 Å². The number of hydrogen-bond acceptors (Lipinski definition) is 3. The van der Waals surface area contributed by atoms with E-state index in [2.05, 4.69) is 37.4 Å². The molecule has 0 atom stereocenters. The molecule has 1 saturated carbocycles.